The van der Waals surface area contributed by atoms with Gasteiger partial charge in [0.05, 0.1) is 26.8 Å². The molecule has 4 aromatic rings. The summed E-state index contributed by atoms with van der Waals surface area (Å²) in [5, 5.41) is 11.6. The molecule has 1 unspecified atom stereocenters. The third-order valence-electron chi connectivity index (χ3n) is 6.58. The van der Waals surface area contributed by atoms with Crippen molar-refractivity contribution in [3.05, 3.63) is 88.6 Å². The van der Waals surface area contributed by atoms with E-state index >= 15 is 0 Å². The third-order valence-corrected chi connectivity index (χ3v) is 6.58. The average Bonchev–Trinajstić information content (AvgIpc) is 2.92. The van der Waals surface area contributed by atoms with Gasteiger partial charge in [-0.2, -0.15) is 0 Å². The highest BCUT2D eigenvalue weighted by Crippen LogP contribution is 2.34. The maximum Gasteiger partial charge on any atom is 0.290 e. The molecule has 0 radical (unpaired) electrons. The lowest BCUT2D eigenvalue weighted by Gasteiger charge is -2.21. The first-order valence-electron chi connectivity index (χ1n) is 11.9. The molecule has 0 aliphatic carbocycles. The van der Waals surface area contributed by atoms with E-state index in [1.54, 1.807) is 21.3 Å². The minimum atomic E-state index is -0.250. The lowest BCUT2D eigenvalue weighted by Crippen LogP contribution is -2.09. The molecule has 0 amide bonds. The van der Waals surface area contributed by atoms with Crippen molar-refractivity contribution in [2.24, 2.45) is 0 Å². The monoisotopic (exact) mass is 502 g/mol. The number of carbonyl (C=O) groups is 1. The summed E-state index contributed by atoms with van der Waals surface area (Å²) in [5.41, 5.74) is 8.27. The van der Waals surface area contributed by atoms with Crippen molar-refractivity contribution < 1.29 is 24.1 Å². The van der Waals surface area contributed by atoms with Crippen molar-refractivity contribution in [2.45, 2.75) is 33.2 Å². The summed E-state index contributed by atoms with van der Waals surface area (Å²) in [6.07, 6.45) is 2.67. The zero-order valence-corrected chi connectivity index (χ0v) is 22.2. The predicted molar refractivity (Wildman–Crippen MR) is 147 cm³/mol. The van der Waals surface area contributed by atoms with Crippen LogP contribution in [0.25, 0.3) is 10.9 Å². The summed E-state index contributed by atoms with van der Waals surface area (Å²) in [6.45, 7) is 6.29. The lowest BCUT2D eigenvalue weighted by molar-refractivity contribution is -0.122. The lowest BCUT2D eigenvalue weighted by atomic mass is 9.94. The molecule has 1 atom stereocenters. The van der Waals surface area contributed by atoms with Gasteiger partial charge in [-0.05, 0) is 85.3 Å². The highest BCUT2D eigenvalue weighted by atomic mass is 16.5. The molecule has 7 heteroatoms. The Kier molecular flexibility index (Phi) is 9.33. The van der Waals surface area contributed by atoms with Gasteiger partial charge < -0.3 is 24.6 Å². The Bertz CT molecular complexity index is 1370. The maximum absolute atomic E-state index is 8.36. The number of ether oxygens (including phenoxy) is 3. The molecule has 0 fully saturated rings. The molecular formula is C30H34N2O5. The Morgan fingerprint density at radius 3 is 2.30 bits per heavy atom. The van der Waals surface area contributed by atoms with Gasteiger partial charge in [0.15, 0.2) is 11.5 Å². The molecule has 0 saturated heterocycles. The first-order valence-corrected chi connectivity index (χ1v) is 11.9. The summed E-state index contributed by atoms with van der Waals surface area (Å²) in [4.78, 5) is 12.9. The number of nitrogens with zero attached hydrogens (tertiary/aromatic N) is 1. The summed E-state index contributed by atoms with van der Waals surface area (Å²) in [5.74, 6) is 2.27. The van der Waals surface area contributed by atoms with Crippen LogP contribution in [0.15, 0.2) is 60.8 Å². The number of carboxylic acid groups (broad SMARTS) is 1. The zero-order chi connectivity index (χ0) is 26.9. The molecule has 0 saturated carbocycles. The number of nitrogens with one attached hydrogen (secondary N) is 1. The van der Waals surface area contributed by atoms with Crippen LogP contribution in [0.5, 0.6) is 17.2 Å². The largest absolute Gasteiger partial charge is 0.497 e. The maximum atomic E-state index is 8.36. The van der Waals surface area contributed by atoms with Crippen molar-refractivity contribution in [3.8, 4) is 17.2 Å². The molecule has 2 N–H and O–H groups in total. The minimum absolute atomic E-state index is 0.158. The van der Waals surface area contributed by atoms with Crippen molar-refractivity contribution in [2.75, 3.05) is 26.6 Å². The minimum Gasteiger partial charge on any atom is -0.497 e. The van der Waals surface area contributed by atoms with Crippen molar-refractivity contribution in [1.82, 2.24) is 4.98 Å². The summed E-state index contributed by atoms with van der Waals surface area (Å²) in [7, 11) is 5.00. The van der Waals surface area contributed by atoms with Gasteiger partial charge >= 0.3 is 0 Å². The van der Waals surface area contributed by atoms with Crippen LogP contribution in [0.4, 0.5) is 5.69 Å². The molecular weight excluding hydrogens is 468 g/mol. The van der Waals surface area contributed by atoms with E-state index < -0.39 is 0 Å². The second-order valence-electron chi connectivity index (χ2n) is 8.64. The Hall–Kier alpha value is -4.26. The number of rotatable bonds is 8. The highest BCUT2D eigenvalue weighted by Gasteiger charge is 2.14. The van der Waals surface area contributed by atoms with Gasteiger partial charge in [0.2, 0.25) is 0 Å². The van der Waals surface area contributed by atoms with Crippen LogP contribution in [-0.4, -0.2) is 37.9 Å². The van der Waals surface area contributed by atoms with Crippen LogP contribution in [0.1, 0.15) is 40.8 Å². The van der Waals surface area contributed by atoms with E-state index in [0.29, 0.717) is 11.5 Å². The number of hydrogen-bond donors (Lipinski definition) is 2. The van der Waals surface area contributed by atoms with E-state index in [0.717, 1.165) is 28.8 Å². The van der Waals surface area contributed by atoms with Crippen LogP contribution in [0, 0.1) is 13.8 Å². The van der Waals surface area contributed by atoms with E-state index in [1.807, 2.05) is 30.5 Å². The van der Waals surface area contributed by atoms with Gasteiger partial charge in [-0.3, -0.25) is 9.78 Å². The molecule has 0 aliphatic heterocycles. The first kappa shape index (κ1) is 27.3. The standard InChI is InChI=1S/C29H32N2O3.CH2O2/c1-18-19(2)26(31-20(3)22-8-7-9-24(15-22)32-4)11-10-21(18)14-23-12-13-30-27-17-29(34-6)28(33-5)16-25(23)27;2-1-3/h7-13,15-17,20,31H,14H2,1-6H3;1H,(H,2,3). The van der Waals surface area contributed by atoms with E-state index in [9.17, 15) is 0 Å². The number of anilines is 1. The fourth-order valence-electron chi connectivity index (χ4n) is 4.34. The van der Waals surface area contributed by atoms with E-state index in [-0.39, 0.29) is 12.5 Å². The molecule has 7 nitrogen and oxygen atoms in total. The Morgan fingerprint density at radius 1 is 0.919 bits per heavy atom. The van der Waals surface area contributed by atoms with Gasteiger partial charge in [0, 0.05) is 29.4 Å². The smallest absolute Gasteiger partial charge is 0.290 e. The summed E-state index contributed by atoms with van der Waals surface area (Å²) < 4.78 is 16.4. The summed E-state index contributed by atoms with van der Waals surface area (Å²) in [6, 6.07) is 18.8. The molecule has 194 valence electrons. The predicted octanol–water partition coefficient (Wildman–Crippen LogP) is 6.34. The molecule has 1 heterocycles. The molecule has 37 heavy (non-hydrogen) atoms. The SMILES string of the molecule is COc1cccc(C(C)Nc2ccc(Cc3ccnc4cc(OC)c(OC)cc34)c(C)c2C)c1.O=CO. The van der Waals surface area contributed by atoms with Crippen LogP contribution in [0.2, 0.25) is 0 Å². The van der Waals surface area contributed by atoms with Crippen LogP contribution >= 0.6 is 0 Å². The van der Waals surface area contributed by atoms with Crippen molar-refractivity contribution in [1.29, 1.82) is 0 Å². The van der Waals surface area contributed by atoms with Crippen LogP contribution in [-0.2, 0) is 11.2 Å². The van der Waals surface area contributed by atoms with Crippen molar-refractivity contribution >= 4 is 23.1 Å². The van der Waals surface area contributed by atoms with Gasteiger partial charge in [0.25, 0.3) is 6.47 Å². The van der Waals surface area contributed by atoms with E-state index in [1.165, 1.54) is 27.8 Å². The van der Waals surface area contributed by atoms with Crippen LogP contribution in [0.3, 0.4) is 0 Å². The molecule has 0 bridgehead atoms. The second kappa shape index (κ2) is 12.6. The topological polar surface area (TPSA) is 89.9 Å². The van der Waals surface area contributed by atoms with E-state index in [4.69, 9.17) is 24.1 Å². The second-order valence-corrected chi connectivity index (χ2v) is 8.64. The van der Waals surface area contributed by atoms with Gasteiger partial charge in [-0.1, -0.05) is 18.2 Å². The number of benzene rings is 3. The van der Waals surface area contributed by atoms with Gasteiger partial charge in [-0.15, -0.1) is 0 Å². The Labute approximate surface area is 218 Å². The zero-order valence-electron chi connectivity index (χ0n) is 22.2. The Balaban J connectivity index is 0.00000121. The fourth-order valence-corrected chi connectivity index (χ4v) is 4.34. The molecule has 3 aromatic carbocycles. The van der Waals surface area contributed by atoms with E-state index in [2.05, 4.69) is 61.4 Å². The number of fused-ring (bicyclic) bond motifs is 1. The highest BCUT2D eigenvalue weighted by molar-refractivity contribution is 5.86. The van der Waals surface area contributed by atoms with Gasteiger partial charge in [-0.25, -0.2) is 0 Å². The quantitative estimate of drug-likeness (QED) is 0.272. The van der Waals surface area contributed by atoms with Crippen LogP contribution < -0.4 is 19.5 Å². The molecule has 1 aromatic heterocycles. The Morgan fingerprint density at radius 2 is 1.62 bits per heavy atom. The average molecular weight is 503 g/mol. The number of methoxy groups -OCH3 is 3. The number of aromatic nitrogens is 1. The number of hydrogen-bond acceptors (Lipinski definition) is 6. The third kappa shape index (κ3) is 6.30. The first-order chi connectivity index (χ1) is 17.9. The number of pyridine rings is 1. The molecule has 4 rings (SSSR count). The normalized spacial score (nSPS) is 11.2. The van der Waals surface area contributed by atoms with Gasteiger partial charge in [0.1, 0.15) is 5.75 Å². The molecule has 0 spiro atoms. The fraction of sp³-hybridized carbons (Fsp3) is 0.267. The molecule has 0 aliphatic rings. The summed E-state index contributed by atoms with van der Waals surface area (Å²) >= 11 is 0. The van der Waals surface area contributed by atoms with Crippen molar-refractivity contribution in [3.63, 3.8) is 0 Å².